The summed E-state index contributed by atoms with van der Waals surface area (Å²) < 4.78 is 28.1. The van der Waals surface area contributed by atoms with E-state index in [1.165, 1.54) is 6.42 Å². The molecule has 0 spiro atoms. The summed E-state index contributed by atoms with van der Waals surface area (Å²) in [4.78, 5) is 9.29. The number of hydrogen-bond acceptors (Lipinski definition) is 4. The molecule has 2 fully saturated rings. The lowest BCUT2D eigenvalue weighted by molar-refractivity contribution is 0.208. The van der Waals surface area contributed by atoms with Crippen molar-refractivity contribution in [3.63, 3.8) is 0 Å². The van der Waals surface area contributed by atoms with Crippen molar-refractivity contribution < 1.29 is 8.42 Å². The number of aliphatic imine (C=N–C) groups is 1. The number of piperidine rings is 1. The molecule has 170 valence electrons. The van der Waals surface area contributed by atoms with Crippen LogP contribution in [0.3, 0.4) is 0 Å². The second-order valence-electron chi connectivity index (χ2n) is 8.57. The van der Waals surface area contributed by atoms with E-state index in [2.05, 4.69) is 34.0 Å². The quantitative estimate of drug-likeness (QED) is 0.355. The summed E-state index contributed by atoms with van der Waals surface area (Å²) in [5.41, 5.74) is 0.783. The fourth-order valence-electron chi connectivity index (χ4n) is 4.41. The highest BCUT2D eigenvalue weighted by molar-refractivity contribution is 14.0. The van der Waals surface area contributed by atoms with E-state index >= 15 is 0 Å². The number of rotatable bonds is 4. The fraction of sp³-hybridized carbons (Fsp3) is 0.667. The molecule has 0 amide bonds. The topological polar surface area (TPSA) is 68.2 Å². The van der Waals surface area contributed by atoms with Gasteiger partial charge in [0.25, 0.3) is 0 Å². The molecule has 0 saturated carbocycles. The third-order valence-corrected chi connectivity index (χ3v) is 7.87. The maximum atomic E-state index is 13.3. The molecule has 2 aliphatic rings. The van der Waals surface area contributed by atoms with Crippen LogP contribution >= 0.6 is 24.0 Å². The minimum absolute atomic E-state index is 0. The minimum atomic E-state index is -3.50. The molecule has 9 heteroatoms. The molecule has 2 unspecified atom stereocenters. The lowest BCUT2D eigenvalue weighted by Crippen LogP contribution is -2.48. The fourth-order valence-corrected chi connectivity index (χ4v) is 6.06. The summed E-state index contributed by atoms with van der Waals surface area (Å²) in [5, 5.41) is 3.40. The molecule has 2 heterocycles. The third kappa shape index (κ3) is 6.08. The molecule has 2 aliphatic heterocycles. The monoisotopic (exact) mass is 549 g/mol. The predicted molar refractivity (Wildman–Crippen MR) is 133 cm³/mol. The Balaban J connectivity index is 0.00000320. The second kappa shape index (κ2) is 11.1. The van der Waals surface area contributed by atoms with Crippen LogP contribution in [0.2, 0.25) is 0 Å². The van der Waals surface area contributed by atoms with Crippen LogP contribution in [0.4, 0.5) is 0 Å². The Morgan fingerprint density at radius 3 is 2.30 bits per heavy atom. The minimum Gasteiger partial charge on any atom is -0.352 e. The maximum absolute atomic E-state index is 13.3. The highest BCUT2D eigenvalue weighted by atomic mass is 127. The Morgan fingerprint density at radius 1 is 1.10 bits per heavy atom. The van der Waals surface area contributed by atoms with Crippen LogP contribution in [-0.4, -0.2) is 81.8 Å². The number of sulfonamides is 1. The van der Waals surface area contributed by atoms with E-state index in [-0.39, 0.29) is 24.0 Å². The summed E-state index contributed by atoms with van der Waals surface area (Å²) in [5.74, 6) is 2.10. The van der Waals surface area contributed by atoms with Gasteiger partial charge < -0.3 is 15.1 Å². The van der Waals surface area contributed by atoms with E-state index in [0.717, 1.165) is 37.7 Å². The van der Waals surface area contributed by atoms with E-state index in [0.29, 0.717) is 36.4 Å². The van der Waals surface area contributed by atoms with Gasteiger partial charge in [-0.1, -0.05) is 32.0 Å². The van der Waals surface area contributed by atoms with Gasteiger partial charge in [0, 0.05) is 52.9 Å². The SMILES string of the molecule is CN=C(NCc1ccccc1S(=O)(=O)N1CCN(C)CC1)N1CC(C)CC(C)C1.I. The first-order chi connectivity index (χ1) is 13.8. The Kier molecular flexibility index (Phi) is 9.38. The number of piperazine rings is 1. The van der Waals surface area contributed by atoms with Crippen LogP contribution in [-0.2, 0) is 16.6 Å². The Labute approximate surface area is 199 Å². The second-order valence-corrected chi connectivity index (χ2v) is 10.5. The molecule has 0 radical (unpaired) electrons. The highest BCUT2D eigenvalue weighted by Crippen LogP contribution is 2.23. The van der Waals surface area contributed by atoms with Gasteiger partial charge >= 0.3 is 0 Å². The Bertz CT molecular complexity index is 814. The molecular formula is C21H36IN5O2S. The molecule has 0 aliphatic carbocycles. The smallest absolute Gasteiger partial charge is 0.243 e. The highest BCUT2D eigenvalue weighted by Gasteiger charge is 2.29. The molecule has 1 N–H and O–H groups in total. The number of nitrogens with one attached hydrogen (secondary N) is 1. The molecule has 2 atom stereocenters. The Morgan fingerprint density at radius 2 is 1.70 bits per heavy atom. The van der Waals surface area contributed by atoms with E-state index < -0.39 is 10.0 Å². The number of likely N-dealkylation sites (tertiary alicyclic amines) is 1. The average molecular weight is 550 g/mol. The zero-order chi connectivity index (χ0) is 21.0. The first-order valence-corrected chi connectivity index (χ1v) is 12.0. The summed E-state index contributed by atoms with van der Waals surface area (Å²) >= 11 is 0. The van der Waals surface area contributed by atoms with Crippen molar-refractivity contribution in [3.8, 4) is 0 Å². The lowest BCUT2D eigenvalue weighted by atomic mass is 9.92. The zero-order valence-electron chi connectivity index (χ0n) is 18.5. The van der Waals surface area contributed by atoms with Crippen molar-refractivity contribution >= 4 is 40.0 Å². The van der Waals surface area contributed by atoms with Crippen molar-refractivity contribution in [1.82, 2.24) is 19.4 Å². The van der Waals surface area contributed by atoms with Crippen molar-refractivity contribution in [1.29, 1.82) is 0 Å². The lowest BCUT2D eigenvalue weighted by Gasteiger charge is -2.37. The van der Waals surface area contributed by atoms with Crippen LogP contribution in [0.25, 0.3) is 0 Å². The van der Waals surface area contributed by atoms with Gasteiger partial charge in [-0.2, -0.15) is 4.31 Å². The maximum Gasteiger partial charge on any atom is 0.243 e. The number of guanidine groups is 1. The molecule has 2 saturated heterocycles. The van der Waals surface area contributed by atoms with Gasteiger partial charge in [-0.25, -0.2) is 8.42 Å². The average Bonchev–Trinajstić information content (AvgIpc) is 2.68. The van der Waals surface area contributed by atoms with Crippen molar-refractivity contribution in [2.75, 3.05) is 53.4 Å². The molecule has 0 bridgehead atoms. The van der Waals surface area contributed by atoms with E-state index in [1.807, 2.05) is 19.2 Å². The van der Waals surface area contributed by atoms with E-state index in [9.17, 15) is 8.42 Å². The van der Waals surface area contributed by atoms with Crippen LogP contribution < -0.4 is 5.32 Å². The number of nitrogens with zero attached hydrogens (tertiary/aromatic N) is 4. The van der Waals surface area contributed by atoms with Crippen LogP contribution in [0.5, 0.6) is 0 Å². The summed E-state index contributed by atoms with van der Waals surface area (Å²) in [7, 11) is 0.314. The number of likely N-dealkylation sites (N-methyl/N-ethyl adjacent to an activating group) is 1. The zero-order valence-corrected chi connectivity index (χ0v) is 21.7. The van der Waals surface area contributed by atoms with Gasteiger partial charge in [-0.05, 0) is 36.9 Å². The van der Waals surface area contributed by atoms with Gasteiger partial charge in [0.2, 0.25) is 10.0 Å². The first kappa shape index (κ1) is 25.4. The predicted octanol–water partition coefficient (Wildman–Crippen LogP) is 2.29. The van der Waals surface area contributed by atoms with Gasteiger partial charge in [0.15, 0.2) is 5.96 Å². The number of hydrogen-bond donors (Lipinski definition) is 1. The summed E-state index contributed by atoms with van der Waals surface area (Å²) in [6.07, 6.45) is 1.24. The largest absolute Gasteiger partial charge is 0.352 e. The normalized spacial score (nSPS) is 24.4. The van der Waals surface area contributed by atoms with E-state index in [1.54, 1.807) is 23.5 Å². The molecule has 30 heavy (non-hydrogen) atoms. The van der Waals surface area contributed by atoms with Gasteiger partial charge in [0.05, 0.1) is 4.90 Å². The van der Waals surface area contributed by atoms with E-state index in [4.69, 9.17) is 0 Å². The van der Waals surface area contributed by atoms with Gasteiger partial charge in [0.1, 0.15) is 0 Å². The molecule has 1 aromatic rings. The summed E-state index contributed by atoms with van der Waals surface area (Å²) in [6, 6.07) is 7.31. The molecule has 1 aromatic carbocycles. The number of halogens is 1. The van der Waals surface area contributed by atoms with Gasteiger partial charge in [-0.15, -0.1) is 24.0 Å². The van der Waals surface area contributed by atoms with Crippen LogP contribution in [0.1, 0.15) is 25.8 Å². The molecule has 3 rings (SSSR count). The van der Waals surface area contributed by atoms with Crippen molar-refractivity contribution in [2.45, 2.75) is 31.7 Å². The molecular weight excluding hydrogens is 513 g/mol. The van der Waals surface area contributed by atoms with Crippen molar-refractivity contribution in [3.05, 3.63) is 29.8 Å². The van der Waals surface area contributed by atoms with Crippen LogP contribution in [0, 0.1) is 11.8 Å². The van der Waals surface area contributed by atoms with Crippen LogP contribution in [0.15, 0.2) is 34.2 Å². The van der Waals surface area contributed by atoms with Crippen molar-refractivity contribution in [2.24, 2.45) is 16.8 Å². The third-order valence-electron chi connectivity index (χ3n) is 5.87. The molecule has 0 aromatic heterocycles. The number of benzene rings is 1. The first-order valence-electron chi connectivity index (χ1n) is 10.5. The molecule has 7 nitrogen and oxygen atoms in total. The standard InChI is InChI=1S/C21H35N5O2S.HI/c1-17-13-18(2)16-25(15-17)21(22-3)23-14-19-7-5-6-8-20(19)29(27,28)26-11-9-24(4)10-12-26;/h5-8,17-18H,9-16H2,1-4H3,(H,22,23);1H. The van der Waals surface area contributed by atoms with Gasteiger partial charge in [-0.3, -0.25) is 4.99 Å². The summed E-state index contributed by atoms with van der Waals surface area (Å²) in [6.45, 7) is 9.53. The Hall–Kier alpha value is -0.910.